The van der Waals surface area contributed by atoms with Crippen molar-refractivity contribution in [3.05, 3.63) is 52.7 Å². The molecule has 0 spiro atoms. The highest BCUT2D eigenvalue weighted by Crippen LogP contribution is 2.31. The summed E-state index contributed by atoms with van der Waals surface area (Å²) in [6, 6.07) is 4.14. The van der Waals surface area contributed by atoms with Gasteiger partial charge in [-0.15, -0.1) is 0 Å². The number of benzene rings is 1. The van der Waals surface area contributed by atoms with Gasteiger partial charge >= 0.3 is 0 Å². The third-order valence-corrected chi connectivity index (χ3v) is 5.43. The number of halogens is 2. The van der Waals surface area contributed by atoms with Crippen molar-refractivity contribution in [2.45, 2.75) is 25.2 Å². The van der Waals surface area contributed by atoms with Crippen LogP contribution < -0.4 is 0 Å². The Morgan fingerprint density at radius 2 is 2.00 bits per heavy atom. The van der Waals surface area contributed by atoms with Gasteiger partial charge in [0.1, 0.15) is 11.3 Å². The summed E-state index contributed by atoms with van der Waals surface area (Å²) in [5.74, 6) is -0.140. The molecule has 4 rings (SSSR count). The molecule has 1 amide bonds. The molecular formula is C19H19ClFN5O. The molecule has 0 bridgehead atoms. The lowest BCUT2D eigenvalue weighted by molar-refractivity contribution is -0.131. The second kappa shape index (κ2) is 7.23. The largest absolute Gasteiger partial charge is 0.342 e. The van der Waals surface area contributed by atoms with Crippen molar-refractivity contribution in [1.82, 2.24) is 24.6 Å². The van der Waals surface area contributed by atoms with Crippen LogP contribution in [0, 0.1) is 5.82 Å². The van der Waals surface area contributed by atoms with Gasteiger partial charge in [-0.3, -0.25) is 4.79 Å². The molecular weight excluding hydrogens is 369 g/mol. The topological polar surface area (TPSA) is 63.9 Å². The van der Waals surface area contributed by atoms with Crippen LogP contribution in [0.5, 0.6) is 0 Å². The van der Waals surface area contributed by atoms with Gasteiger partial charge in [-0.2, -0.15) is 5.10 Å². The minimum atomic E-state index is -0.400. The summed E-state index contributed by atoms with van der Waals surface area (Å²) in [6.45, 7) is 1.31. The Kier molecular flexibility index (Phi) is 4.78. The zero-order chi connectivity index (χ0) is 19.0. The quantitative estimate of drug-likeness (QED) is 0.692. The fraction of sp³-hybridized carbons (Fsp3) is 0.368. The van der Waals surface area contributed by atoms with E-state index in [2.05, 4.69) is 15.1 Å². The van der Waals surface area contributed by atoms with E-state index in [9.17, 15) is 9.18 Å². The van der Waals surface area contributed by atoms with Crippen molar-refractivity contribution in [3.8, 4) is 0 Å². The fourth-order valence-electron chi connectivity index (χ4n) is 3.62. The van der Waals surface area contributed by atoms with Crippen molar-refractivity contribution in [2.24, 2.45) is 7.05 Å². The molecule has 6 nitrogen and oxygen atoms in total. The maximum absolute atomic E-state index is 13.2. The van der Waals surface area contributed by atoms with Crippen LogP contribution in [0.25, 0.3) is 11.2 Å². The maximum Gasteiger partial charge on any atom is 0.227 e. The number of aromatic nitrogens is 4. The number of nitrogens with zero attached hydrogens (tertiary/aromatic N) is 5. The molecule has 0 N–H and O–H groups in total. The standard InChI is InChI=1S/C19H19ClFN5O/c1-25-19-18(22-6-7-23-19)17(24-25)12-4-8-26(9-5-12)16(27)10-13-2-3-14(21)11-15(13)20/h2-3,6-7,11-12H,4-5,8-10H2,1H3. The Bertz CT molecular complexity index is 997. The fourth-order valence-corrected chi connectivity index (χ4v) is 3.86. The molecule has 140 valence electrons. The number of piperidine rings is 1. The zero-order valence-electron chi connectivity index (χ0n) is 14.9. The first-order valence-corrected chi connectivity index (χ1v) is 9.26. The molecule has 0 radical (unpaired) electrons. The predicted octanol–water partition coefficient (Wildman–Crippen LogP) is 3.10. The van der Waals surface area contributed by atoms with Crippen molar-refractivity contribution in [2.75, 3.05) is 13.1 Å². The number of amides is 1. The summed E-state index contributed by atoms with van der Waals surface area (Å²) in [6.07, 6.45) is 5.17. The van der Waals surface area contributed by atoms with Crippen molar-refractivity contribution in [3.63, 3.8) is 0 Å². The monoisotopic (exact) mass is 387 g/mol. The van der Waals surface area contributed by atoms with Crippen LogP contribution in [0.15, 0.2) is 30.6 Å². The number of rotatable bonds is 3. The number of likely N-dealkylation sites (tertiary alicyclic amines) is 1. The van der Waals surface area contributed by atoms with Gasteiger partial charge in [0.25, 0.3) is 0 Å². The first kappa shape index (κ1) is 17.9. The second-order valence-electron chi connectivity index (χ2n) is 6.80. The van der Waals surface area contributed by atoms with E-state index >= 15 is 0 Å². The average molecular weight is 388 g/mol. The van der Waals surface area contributed by atoms with E-state index in [-0.39, 0.29) is 23.3 Å². The first-order chi connectivity index (χ1) is 13.0. The van der Waals surface area contributed by atoms with Gasteiger partial charge in [-0.1, -0.05) is 17.7 Å². The van der Waals surface area contributed by atoms with Crippen molar-refractivity contribution < 1.29 is 9.18 Å². The van der Waals surface area contributed by atoms with Gasteiger partial charge in [0.15, 0.2) is 5.65 Å². The van der Waals surface area contributed by atoms with E-state index in [0.717, 1.165) is 29.7 Å². The van der Waals surface area contributed by atoms with Gasteiger partial charge in [0.05, 0.1) is 12.1 Å². The number of fused-ring (bicyclic) bond motifs is 1. The Morgan fingerprint density at radius 1 is 1.26 bits per heavy atom. The molecule has 0 aliphatic carbocycles. The molecule has 27 heavy (non-hydrogen) atoms. The van der Waals surface area contributed by atoms with E-state index in [1.807, 2.05) is 11.9 Å². The van der Waals surface area contributed by atoms with Crippen LogP contribution >= 0.6 is 11.6 Å². The van der Waals surface area contributed by atoms with Crippen LogP contribution in [0.4, 0.5) is 4.39 Å². The zero-order valence-corrected chi connectivity index (χ0v) is 15.7. The normalized spacial score (nSPS) is 15.4. The van der Waals surface area contributed by atoms with E-state index in [0.29, 0.717) is 18.7 Å². The van der Waals surface area contributed by atoms with Crippen LogP contribution in [-0.2, 0) is 18.3 Å². The Hall–Kier alpha value is -2.54. The third kappa shape index (κ3) is 3.51. The summed E-state index contributed by atoms with van der Waals surface area (Å²) < 4.78 is 14.9. The molecule has 1 aromatic carbocycles. The van der Waals surface area contributed by atoms with Crippen molar-refractivity contribution in [1.29, 1.82) is 0 Å². The minimum Gasteiger partial charge on any atom is -0.342 e. The van der Waals surface area contributed by atoms with Gasteiger partial charge in [-0.25, -0.2) is 19.0 Å². The van der Waals surface area contributed by atoms with Crippen LogP contribution in [0.3, 0.4) is 0 Å². The summed E-state index contributed by atoms with van der Waals surface area (Å²) in [7, 11) is 1.87. The van der Waals surface area contributed by atoms with Crippen LogP contribution in [-0.4, -0.2) is 43.6 Å². The lowest BCUT2D eigenvalue weighted by atomic mass is 9.92. The molecule has 1 aliphatic heterocycles. The summed E-state index contributed by atoms with van der Waals surface area (Å²) in [5, 5.41) is 4.89. The molecule has 1 fully saturated rings. The Labute approximate surface area is 161 Å². The molecule has 3 aromatic rings. The number of carbonyl (C=O) groups is 1. The minimum absolute atomic E-state index is 0.00706. The lowest BCUT2D eigenvalue weighted by Gasteiger charge is -2.31. The Morgan fingerprint density at radius 3 is 2.74 bits per heavy atom. The summed E-state index contributed by atoms with van der Waals surface area (Å²) in [5.41, 5.74) is 3.21. The number of hydrogen-bond acceptors (Lipinski definition) is 4. The molecule has 3 heterocycles. The Balaban J connectivity index is 1.43. The van der Waals surface area contributed by atoms with Gasteiger partial charge < -0.3 is 4.90 Å². The second-order valence-corrected chi connectivity index (χ2v) is 7.21. The van der Waals surface area contributed by atoms with Gasteiger partial charge in [-0.05, 0) is 30.5 Å². The average Bonchev–Trinajstić information content (AvgIpc) is 3.01. The first-order valence-electron chi connectivity index (χ1n) is 8.88. The summed E-state index contributed by atoms with van der Waals surface area (Å²) in [4.78, 5) is 23.2. The van der Waals surface area contributed by atoms with E-state index in [1.165, 1.54) is 12.1 Å². The molecule has 1 aliphatic rings. The highest BCUT2D eigenvalue weighted by Gasteiger charge is 2.28. The number of carbonyl (C=O) groups excluding carboxylic acids is 1. The molecule has 0 saturated carbocycles. The predicted molar refractivity (Wildman–Crippen MR) is 100.0 cm³/mol. The highest BCUT2D eigenvalue weighted by molar-refractivity contribution is 6.31. The van der Waals surface area contributed by atoms with Crippen LogP contribution in [0.2, 0.25) is 5.02 Å². The smallest absolute Gasteiger partial charge is 0.227 e. The SMILES string of the molecule is Cn1nc(C2CCN(C(=O)Cc3ccc(F)cc3Cl)CC2)c2nccnc21. The molecule has 2 aromatic heterocycles. The molecule has 1 saturated heterocycles. The maximum atomic E-state index is 13.2. The summed E-state index contributed by atoms with van der Waals surface area (Å²) >= 11 is 6.04. The number of aryl methyl sites for hydroxylation is 1. The van der Waals surface area contributed by atoms with Crippen LogP contribution in [0.1, 0.15) is 30.0 Å². The highest BCUT2D eigenvalue weighted by atomic mass is 35.5. The number of hydrogen-bond donors (Lipinski definition) is 0. The molecule has 8 heteroatoms. The third-order valence-electron chi connectivity index (χ3n) is 5.08. The van der Waals surface area contributed by atoms with Crippen molar-refractivity contribution >= 4 is 28.7 Å². The van der Waals surface area contributed by atoms with E-state index < -0.39 is 5.82 Å². The van der Waals surface area contributed by atoms with E-state index in [1.54, 1.807) is 23.1 Å². The molecule has 0 atom stereocenters. The van der Waals surface area contributed by atoms with E-state index in [4.69, 9.17) is 11.6 Å². The molecule has 0 unspecified atom stereocenters. The van der Waals surface area contributed by atoms with Gasteiger partial charge in [0.2, 0.25) is 5.91 Å². The lowest BCUT2D eigenvalue weighted by Crippen LogP contribution is -2.39. The van der Waals surface area contributed by atoms with Gasteiger partial charge in [0, 0.05) is 43.5 Å².